The van der Waals surface area contributed by atoms with Crippen molar-refractivity contribution < 1.29 is 8.91 Å². The van der Waals surface area contributed by atoms with E-state index < -0.39 is 0 Å². The highest BCUT2D eigenvalue weighted by molar-refractivity contribution is 5.58. The molecule has 0 bridgehead atoms. The van der Waals surface area contributed by atoms with Gasteiger partial charge in [-0.3, -0.25) is 0 Å². The van der Waals surface area contributed by atoms with Crippen LogP contribution < -0.4 is 0 Å². The zero-order chi connectivity index (χ0) is 9.26. The van der Waals surface area contributed by atoms with Gasteiger partial charge >= 0.3 is 0 Å². The van der Waals surface area contributed by atoms with Gasteiger partial charge in [-0.25, -0.2) is 4.39 Å². The number of rotatable bonds is 1. The van der Waals surface area contributed by atoms with Crippen molar-refractivity contribution in [3.63, 3.8) is 0 Å². The Morgan fingerprint density at radius 2 is 1.92 bits per heavy atom. The van der Waals surface area contributed by atoms with Crippen molar-refractivity contribution in [2.75, 3.05) is 0 Å². The zero-order valence-corrected chi connectivity index (χ0v) is 7.12. The summed E-state index contributed by atoms with van der Waals surface area (Å²) < 4.78 is 17.5. The van der Waals surface area contributed by atoms with Crippen LogP contribution in [0.15, 0.2) is 34.9 Å². The van der Waals surface area contributed by atoms with Gasteiger partial charge in [-0.1, -0.05) is 5.16 Å². The quantitative estimate of drug-likeness (QED) is 0.669. The van der Waals surface area contributed by atoms with Crippen LogP contribution in [-0.4, -0.2) is 5.16 Å². The summed E-state index contributed by atoms with van der Waals surface area (Å²) in [5.74, 6) is 0.503. The highest BCUT2D eigenvalue weighted by atomic mass is 19.1. The fourth-order valence-electron chi connectivity index (χ4n) is 1.12. The Kier molecular flexibility index (Phi) is 1.85. The minimum Gasteiger partial charge on any atom is -0.361 e. The van der Waals surface area contributed by atoms with Crippen LogP contribution in [0.1, 0.15) is 5.76 Å². The molecule has 0 radical (unpaired) electrons. The average molecular weight is 177 g/mol. The maximum absolute atomic E-state index is 12.6. The maximum Gasteiger partial charge on any atom is 0.134 e. The second-order valence-corrected chi connectivity index (χ2v) is 2.83. The normalized spacial score (nSPS) is 10.3. The fourth-order valence-corrected chi connectivity index (χ4v) is 1.12. The molecule has 0 amide bonds. The predicted molar refractivity (Wildman–Crippen MR) is 46.6 cm³/mol. The van der Waals surface area contributed by atoms with Gasteiger partial charge in [-0.15, -0.1) is 0 Å². The molecule has 0 saturated heterocycles. The molecule has 0 unspecified atom stereocenters. The van der Waals surface area contributed by atoms with Crippen molar-refractivity contribution in [2.45, 2.75) is 6.92 Å². The third-order valence-corrected chi connectivity index (χ3v) is 1.77. The monoisotopic (exact) mass is 177 g/mol. The second kappa shape index (κ2) is 3.01. The van der Waals surface area contributed by atoms with E-state index in [1.807, 2.05) is 13.0 Å². The molecule has 0 aliphatic carbocycles. The third-order valence-electron chi connectivity index (χ3n) is 1.77. The zero-order valence-electron chi connectivity index (χ0n) is 7.12. The minimum atomic E-state index is -0.246. The highest BCUT2D eigenvalue weighted by Crippen LogP contribution is 2.18. The lowest BCUT2D eigenvalue weighted by atomic mass is 10.1. The molecule has 0 spiro atoms. The molecule has 1 heterocycles. The van der Waals surface area contributed by atoms with E-state index in [1.54, 1.807) is 12.1 Å². The van der Waals surface area contributed by atoms with Crippen molar-refractivity contribution in [1.29, 1.82) is 0 Å². The van der Waals surface area contributed by atoms with E-state index in [2.05, 4.69) is 5.16 Å². The summed E-state index contributed by atoms with van der Waals surface area (Å²) >= 11 is 0. The number of halogens is 1. The number of aromatic nitrogens is 1. The molecule has 2 nitrogen and oxygen atoms in total. The summed E-state index contributed by atoms with van der Waals surface area (Å²) in [6.07, 6.45) is 0. The molecule has 66 valence electrons. The molecule has 1 aromatic carbocycles. The van der Waals surface area contributed by atoms with Crippen molar-refractivity contribution in [1.82, 2.24) is 5.16 Å². The number of hydrogen-bond acceptors (Lipinski definition) is 2. The number of benzene rings is 1. The molecule has 0 saturated carbocycles. The van der Waals surface area contributed by atoms with E-state index in [0.717, 1.165) is 17.0 Å². The SMILES string of the molecule is Cc1cc(-c2ccc(F)cc2)no1. The number of nitrogens with zero attached hydrogens (tertiary/aromatic N) is 1. The van der Waals surface area contributed by atoms with E-state index >= 15 is 0 Å². The molecule has 2 rings (SSSR count). The largest absolute Gasteiger partial charge is 0.361 e. The summed E-state index contributed by atoms with van der Waals surface area (Å²) in [5.41, 5.74) is 1.59. The molecular weight excluding hydrogens is 169 g/mol. The number of hydrogen-bond donors (Lipinski definition) is 0. The van der Waals surface area contributed by atoms with Crippen LogP contribution in [0.4, 0.5) is 4.39 Å². The van der Waals surface area contributed by atoms with Gasteiger partial charge in [0.05, 0.1) is 0 Å². The van der Waals surface area contributed by atoms with Gasteiger partial charge < -0.3 is 4.52 Å². The van der Waals surface area contributed by atoms with Crippen LogP contribution in [0.2, 0.25) is 0 Å². The van der Waals surface area contributed by atoms with Gasteiger partial charge in [0.15, 0.2) is 0 Å². The van der Waals surface area contributed by atoms with Gasteiger partial charge in [-0.2, -0.15) is 0 Å². The van der Waals surface area contributed by atoms with Crippen molar-refractivity contribution in [3.8, 4) is 11.3 Å². The Bertz CT molecular complexity index is 405. The summed E-state index contributed by atoms with van der Waals surface area (Å²) in [6.45, 7) is 1.82. The highest BCUT2D eigenvalue weighted by Gasteiger charge is 2.02. The summed E-state index contributed by atoms with van der Waals surface area (Å²) in [7, 11) is 0. The standard InChI is InChI=1S/C10H8FNO/c1-7-6-10(12-13-7)8-2-4-9(11)5-3-8/h2-6H,1H3. The molecular formula is C10H8FNO. The predicted octanol–water partition coefficient (Wildman–Crippen LogP) is 2.79. The Hall–Kier alpha value is -1.64. The third kappa shape index (κ3) is 1.59. The first-order valence-electron chi connectivity index (χ1n) is 3.95. The molecule has 0 aliphatic rings. The lowest BCUT2D eigenvalue weighted by Gasteiger charge is -1.93. The molecule has 1 aromatic heterocycles. The van der Waals surface area contributed by atoms with Crippen LogP contribution in [0.5, 0.6) is 0 Å². The smallest absolute Gasteiger partial charge is 0.134 e. The van der Waals surface area contributed by atoms with Crippen molar-refractivity contribution in [2.24, 2.45) is 0 Å². The minimum absolute atomic E-state index is 0.246. The molecule has 2 aromatic rings. The van der Waals surface area contributed by atoms with Gasteiger partial charge in [-0.05, 0) is 31.2 Å². The Labute approximate surface area is 75.0 Å². The van der Waals surface area contributed by atoms with Gasteiger partial charge in [0, 0.05) is 11.6 Å². The van der Waals surface area contributed by atoms with Gasteiger partial charge in [0.2, 0.25) is 0 Å². The molecule has 3 heteroatoms. The van der Waals surface area contributed by atoms with Crippen molar-refractivity contribution >= 4 is 0 Å². The van der Waals surface area contributed by atoms with Crippen molar-refractivity contribution in [3.05, 3.63) is 41.9 Å². The topological polar surface area (TPSA) is 26.0 Å². The molecule has 0 atom stereocenters. The van der Waals surface area contributed by atoms with Gasteiger partial charge in [0.1, 0.15) is 17.3 Å². The summed E-state index contributed by atoms with van der Waals surface area (Å²) in [6, 6.07) is 7.96. The first-order chi connectivity index (χ1) is 6.25. The van der Waals surface area contributed by atoms with Crippen LogP contribution >= 0.6 is 0 Å². The molecule has 0 aliphatic heterocycles. The lowest BCUT2D eigenvalue weighted by molar-refractivity contribution is 0.399. The Morgan fingerprint density at radius 1 is 1.23 bits per heavy atom. The van der Waals surface area contributed by atoms with E-state index in [1.165, 1.54) is 12.1 Å². The molecule has 0 fully saturated rings. The van der Waals surface area contributed by atoms with E-state index in [0.29, 0.717) is 0 Å². The second-order valence-electron chi connectivity index (χ2n) is 2.83. The maximum atomic E-state index is 12.6. The first kappa shape index (κ1) is 7.98. The summed E-state index contributed by atoms with van der Waals surface area (Å²) in [4.78, 5) is 0. The molecule has 0 N–H and O–H groups in total. The van der Waals surface area contributed by atoms with E-state index in [4.69, 9.17) is 4.52 Å². The Balaban J connectivity index is 2.41. The molecule has 13 heavy (non-hydrogen) atoms. The average Bonchev–Trinajstić information content (AvgIpc) is 2.53. The summed E-state index contributed by atoms with van der Waals surface area (Å²) in [5, 5.41) is 3.82. The number of aryl methyl sites for hydroxylation is 1. The van der Waals surface area contributed by atoms with E-state index in [9.17, 15) is 4.39 Å². The van der Waals surface area contributed by atoms with Crippen LogP contribution in [-0.2, 0) is 0 Å². The first-order valence-corrected chi connectivity index (χ1v) is 3.95. The van der Waals surface area contributed by atoms with Gasteiger partial charge in [0.25, 0.3) is 0 Å². The Morgan fingerprint density at radius 3 is 2.46 bits per heavy atom. The van der Waals surface area contributed by atoms with E-state index in [-0.39, 0.29) is 5.82 Å². The fraction of sp³-hybridized carbons (Fsp3) is 0.100. The lowest BCUT2D eigenvalue weighted by Crippen LogP contribution is -1.77. The van der Waals surface area contributed by atoms with Crippen LogP contribution in [0.25, 0.3) is 11.3 Å². The van der Waals surface area contributed by atoms with Crippen LogP contribution in [0.3, 0.4) is 0 Å². The van der Waals surface area contributed by atoms with Crippen LogP contribution in [0, 0.1) is 12.7 Å².